The minimum Gasteiger partial charge on any atom is -0.379 e. The number of amides is 1. The first-order valence-corrected chi connectivity index (χ1v) is 7.50. The van der Waals surface area contributed by atoms with Gasteiger partial charge in [0.15, 0.2) is 0 Å². The van der Waals surface area contributed by atoms with Crippen molar-refractivity contribution in [1.29, 1.82) is 0 Å². The largest absolute Gasteiger partial charge is 0.379 e. The van der Waals surface area contributed by atoms with Crippen molar-refractivity contribution in [3.05, 3.63) is 38.3 Å². The van der Waals surface area contributed by atoms with Crippen LogP contribution < -0.4 is 0 Å². The van der Waals surface area contributed by atoms with E-state index in [1.165, 1.54) is 12.1 Å². The Hall–Kier alpha value is -1.47. The molecule has 0 spiro atoms. The Morgan fingerprint density at radius 1 is 1.52 bits per heavy atom. The first kappa shape index (κ1) is 15.9. The number of halogens is 1. The fraction of sp³-hybridized carbons (Fsp3) is 0.500. The van der Waals surface area contributed by atoms with Gasteiger partial charge >= 0.3 is 0 Å². The third-order valence-electron chi connectivity index (χ3n) is 3.88. The third-order valence-corrected chi connectivity index (χ3v) is 4.72. The minimum absolute atomic E-state index is 0.000161. The van der Waals surface area contributed by atoms with Gasteiger partial charge in [-0.2, -0.15) is 0 Å². The smallest absolute Gasteiger partial charge is 0.284 e. The maximum Gasteiger partial charge on any atom is 0.284 e. The summed E-state index contributed by atoms with van der Waals surface area (Å²) in [4.78, 5) is 24.7. The van der Waals surface area contributed by atoms with Gasteiger partial charge in [0.05, 0.1) is 16.6 Å². The Balaban J connectivity index is 2.25. The second-order valence-electron chi connectivity index (χ2n) is 5.19. The number of nitrogens with zero attached hydrogens (tertiary/aromatic N) is 2. The van der Waals surface area contributed by atoms with E-state index in [9.17, 15) is 14.9 Å². The molecule has 1 saturated heterocycles. The summed E-state index contributed by atoms with van der Waals surface area (Å²) >= 11 is 3.17. The first-order chi connectivity index (χ1) is 9.95. The summed E-state index contributed by atoms with van der Waals surface area (Å²) in [5.41, 5.74) is 0.211. The number of ether oxygens (including phenoxy) is 1. The van der Waals surface area contributed by atoms with Gasteiger partial charge in [0.25, 0.3) is 11.6 Å². The van der Waals surface area contributed by atoms with Crippen molar-refractivity contribution in [3.63, 3.8) is 0 Å². The van der Waals surface area contributed by atoms with Crippen molar-refractivity contribution in [2.75, 3.05) is 20.2 Å². The van der Waals surface area contributed by atoms with Crippen molar-refractivity contribution in [2.45, 2.75) is 19.4 Å². The molecule has 0 aromatic heterocycles. The lowest BCUT2D eigenvalue weighted by molar-refractivity contribution is -0.385. The minimum atomic E-state index is -0.503. The van der Waals surface area contributed by atoms with E-state index in [4.69, 9.17) is 4.74 Å². The number of likely N-dealkylation sites (tertiary alicyclic amines) is 1. The van der Waals surface area contributed by atoms with Gasteiger partial charge in [-0.3, -0.25) is 14.9 Å². The lowest BCUT2D eigenvalue weighted by Crippen LogP contribution is -2.46. The number of nitro groups is 1. The zero-order valence-electron chi connectivity index (χ0n) is 11.9. The molecule has 2 atom stereocenters. The molecule has 1 aliphatic rings. The Bertz CT molecular complexity index is 564. The molecular formula is C14H17BrN2O4. The lowest BCUT2D eigenvalue weighted by atomic mass is 9.95. The molecule has 0 saturated carbocycles. The van der Waals surface area contributed by atoms with Gasteiger partial charge < -0.3 is 9.64 Å². The quantitative estimate of drug-likeness (QED) is 0.616. The number of methoxy groups -OCH3 is 1. The highest BCUT2D eigenvalue weighted by Crippen LogP contribution is 2.30. The van der Waals surface area contributed by atoms with Crippen molar-refractivity contribution in [2.24, 2.45) is 5.92 Å². The summed E-state index contributed by atoms with van der Waals surface area (Å²) in [5, 5.41) is 10.9. The average Bonchev–Trinajstić information content (AvgIpc) is 2.47. The van der Waals surface area contributed by atoms with Crippen LogP contribution in [0.25, 0.3) is 0 Å². The predicted octanol–water partition coefficient (Wildman–Crippen LogP) is 2.85. The highest BCUT2D eigenvalue weighted by Gasteiger charge is 2.31. The number of rotatable bonds is 3. The molecule has 0 radical (unpaired) electrons. The van der Waals surface area contributed by atoms with Gasteiger partial charge in [0.2, 0.25) is 0 Å². The second kappa shape index (κ2) is 6.53. The highest BCUT2D eigenvalue weighted by molar-refractivity contribution is 9.10. The predicted molar refractivity (Wildman–Crippen MR) is 81.3 cm³/mol. The number of carbonyl (C=O) groups excluding carboxylic acids is 1. The SMILES string of the molecule is COC1CN(C(=O)c2cccc([N+](=O)[O-])c2Br)CCC1C. The van der Waals surface area contributed by atoms with Crippen LogP contribution in [0.3, 0.4) is 0 Å². The van der Waals surface area contributed by atoms with Gasteiger partial charge in [-0.05, 0) is 34.3 Å². The molecule has 6 nitrogen and oxygen atoms in total. The number of hydrogen-bond acceptors (Lipinski definition) is 4. The fourth-order valence-corrected chi connectivity index (χ4v) is 3.10. The Morgan fingerprint density at radius 2 is 2.24 bits per heavy atom. The molecular weight excluding hydrogens is 340 g/mol. The van der Waals surface area contributed by atoms with Gasteiger partial charge in [0, 0.05) is 26.3 Å². The molecule has 0 aliphatic carbocycles. The number of piperidine rings is 1. The molecule has 1 aromatic carbocycles. The summed E-state index contributed by atoms with van der Waals surface area (Å²) in [5.74, 6) is 0.187. The standard InChI is InChI=1S/C14H17BrN2O4/c1-9-6-7-16(8-12(9)21-2)14(18)10-4-3-5-11(13(10)15)17(19)20/h3-5,9,12H,6-8H2,1-2H3. The van der Waals surface area contributed by atoms with Crippen LogP contribution in [-0.4, -0.2) is 42.0 Å². The van der Waals surface area contributed by atoms with E-state index in [1.807, 2.05) is 0 Å². The number of hydrogen-bond donors (Lipinski definition) is 0. The topological polar surface area (TPSA) is 72.7 Å². The van der Waals surface area contributed by atoms with Gasteiger partial charge in [0.1, 0.15) is 4.47 Å². The fourth-order valence-electron chi connectivity index (χ4n) is 2.52. The molecule has 1 heterocycles. The number of nitro benzene ring substituents is 1. The van der Waals surface area contributed by atoms with E-state index in [0.29, 0.717) is 24.6 Å². The first-order valence-electron chi connectivity index (χ1n) is 6.70. The molecule has 2 unspecified atom stereocenters. The van der Waals surface area contributed by atoms with Gasteiger partial charge in [-0.1, -0.05) is 13.0 Å². The highest BCUT2D eigenvalue weighted by atomic mass is 79.9. The summed E-state index contributed by atoms with van der Waals surface area (Å²) in [6.07, 6.45) is 0.858. The number of carbonyl (C=O) groups is 1. The van der Waals surface area contributed by atoms with Gasteiger partial charge in [-0.15, -0.1) is 0 Å². The molecule has 114 valence electrons. The van der Waals surface area contributed by atoms with Crippen LogP contribution in [0.5, 0.6) is 0 Å². The average molecular weight is 357 g/mol. The van der Waals surface area contributed by atoms with Crippen molar-refractivity contribution < 1.29 is 14.5 Å². The summed E-state index contributed by atoms with van der Waals surface area (Å²) in [6, 6.07) is 4.49. The van der Waals surface area contributed by atoms with Crippen LogP contribution in [0.4, 0.5) is 5.69 Å². The van der Waals surface area contributed by atoms with E-state index in [1.54, 1.807) is 18.1 Å². The Morgan fingerprint density at radius 3 is 2.86 bits per heavy atom. The molecule has 2 rings (SSSR count). The van der Waals surface area contributed by atoms with Crippen LogP contribution >= 0.6 is 15.9 Å². The van der Waals surface area contributed by atoms with Crippen LogP contribution in [0.15, 0.2) is 22.7 Å². The second-order valence-corrected chi connectivity index (χ2v) is 5.98. The maximum atomic E-state index is 12.6. The van der Waals surface area contributed by atoms with Crippen LogP contribution in [0, 0.1) is 16.0 Å². The van der Waals surface area contributed by atoms with Crippen LogP contribution in [0.2, 0.25) is 0 Å². The van der Waals surface area contributed by atoms with Crippen molar-refractivity contribution in [1.82, 2.24) is 4.90 Å². The molecule has 0 bridgehead atoms. The van der Waals surface area contributed by atoms with E-state index in [0.717, 1.165) is 6.42 Å². The molecule has 1 fully saturated rings. The zero-order valence-corrected chi connectivity index (χ0v) is 13.5. The summed E-state index contributed by atoms with van der Waals surface area (Å²) < 4.78 is 5.63. The zero-order chi connectivity index (χ0) is 15.6. The summed E-state index contributed by atoms with van der Waals surface area (Å²) in [7, 11) is 1.64. The molecule has 21 heavy (non-hydrogen) atoms. The molecule has 1 aliphatic heterocycles. The molecule has 1 aromatic rings. The molecule has 1 amide bonds. The lowest BCUT2D eigenvalue weighted by Gasteiger charge is -2.36. The third kappa shape index (κ3) is 3.24. The van der Waals surface area contributed by atoms with Gasteiger partial charge in [-0.25, -0.2) is 0 Å². The molecule has 7 heteroatoms. The van der Waals surface area contributed by atoms with Crippen LogP contribution in [-0.2, 0) is 4.74 Å². The maximum absolute atomic E-state index is 12.6. The van der Waals surface area contributed by atoms with E-state index < -0.39 is 4.92 Å². The van der Waals surface area contributed by atoms with Crippen molar-refractivity contribution >= 4 is 27.5 Å². The summed E-state index contributed by atoms with van der Waals surface area (Å²) in [6.45, 7) is 3.24. The van der Waals surface area contributed by atoms with E-state index >= 15 is 0 Å². The Labute approximate surface area is 131 Å². The number of benzene rings is 1. The van der Waals surface area contributed by atoms with E-state index in [-0.39, 0.29) is 22.2 Å². The van der Waals surface area contributed by atoms with E-state index in [2.05, 4.69) is 22.9 Å². The van der Waals surface area contributed by atoms with Crippen molar-refractivity contribution in [3.8, 4) is 0 Å². The normalized spacial score (nSPS) is 22.1. The molecule has 0 N–H and O–H groups in total. The monoisotopic (exact) mass is 356 g/mol. The Kier molecular flexibility index (Phi) is 4.95. The van der Waals surface area contributed by atoms with Crippen LogP contribution in [0.1, 0.15) is 23.7 Å².